The number of aromatic nitrogens is 2. The second-order valence-corrected chi connectivity index (χ2v) is 6.61. The maximum absolute atomic E-state index is 10.1. The summed E-state index contributed by atoms with van der Waals surface area (Å²) in [7, 11) is 0. The normalized spacial score (nSPS) is 11.6. The van der Waals surface area contributed by atoms with Crippen molar-refractivity contribution in [2.45, 2.75) is 5.92 Å². The van der Waals surface area contributed by atoms with Gasteiger partial charge in [-0.25, -0.2) is 0 Å². The molecule has 0 spiro atoms. The molecule has 5 aromatic rings. The first kappa shape index (κ1) is 14.8. The Labute approximate surface area is 150 Å². The van der Waals surface area contributed by atoms with Crippen molar-refractivity contribution in [1.82, 2.24) is 9.97 Å². The third-order valence-electron chi connectivity index (χ3n) is 5.07. The van der Waals surface area contributed by atoms with Crippen LogP contribution < -0.4 is 0 Å². The van der Waals surface area contributed by atoms with Gasteiger partial charge in [0.1, 0.15) is 5.75 Å². The zero-order chi connectivity index (χ0) is 17.5. The number of phenolic OH excluding ortho intramolecular Hbond substituents is 1. The highest BCUT2D eigenvalue weighted by molar-refractivity contribution is 5.89. The van der Waals surface area contributed by atoms with E-state index in [2.05, 4.69) is 64.8 Å². The van der Waals surface area contributed by atoms with Crippen LogP contribution >= 0.6 is 0 Å². The third kappa shape index (κ3) is 2.29. The number of fused-ring (bicyclic) bond motifs is 2. The predicted molar refractivity (Wildman–Crippen MR) is 106 cm³/mol. The van der Waals surface area contributed by atoms with Gasteiger partial charge in [0.2, 0.25) is 0 Å². The van der Waals surface area contributed by atoms with E-state index in [1.54, 1.807) is 6.07 Å². The number of benzene rings is 3. The maximum Gasteiger partial charge on any atom is 0.115 e. The predicted octanol–water partition coefficient (Wildman–Crippen LogP) is 5.54. The molecule has 0 aliphatic carbocycles. The van der Waals surface area contributed by atoms with Crippen molar-refractivity contribution in [3.05, 3.63) is 102 Å². The number of H-pyrrole nitrogens is 2. The first-order valence-corrected chi connectivity index (χ1v) is 8.72. The van der Waals surface area contributed by atoms with Gasteiger partial charge in [-0.15, -0.1) is 0 Å². The SMILES string of the molecule is Oc1cccc(C(c2c[nH]c3ccccc23)c2c[nH]c3ccccc23)c1. The number of phenols is 1. The van der Waals surface area contributed by atoms with Crippen LogP contribution in [-0.4, -0.2) is 15.1 Å². The summed E-state index contributed by atoms with van der Waals surface area (Å²) < 4.78 is 0. The lowest BCUT2D eigenvalue weighted by atomic mass is 9.84. The standard InChI is InChI=1S/C23H18N2O/c26-16-7-5-6-15(12-16)23(19-13-24-21-10-3-1-8-17(19)21)20-14-25-22-11-4-2-9-18(20)22/h1-14,23-26H. The van der Waals surface area contributed by atoms with E-state index in [9.17, 15) is 5.11 Å². The van der Waals surface area contributed by atoms with Crippen molar-refractivity contribution >= 4 is 21.8 Å². The van der Waals surface area contributed by atoms with E-state index in [0.29, 0.717) is 0 Å². The number of hydrogen-bond donors (Lipinski definition) is 3. The molecule has 0 bridgehead atoms. The summed E-state index contributed by atoms with van der Waals surface area (Å²) >= 11 is 0. The fourth-order valence-corrected chi connectivity index (χ4v) is 3.90. The zero-order valence-electron chi connectivity index (χ0n) is 14.1. The van der Waals surface area contributed by atoms with E-state index in [1.165, 1.54) is 21.9 Å². The number of para-hydroxylation sites is 2. The molecule has 0 saturated heterocycles. The summed E-state index contributed by atoms with van der Waals surface area (Å²) in [5, 5.41) is 12.5. The van der Waals surface area contributed by atoms with Gasteiger partial charge in [0.05, 0.1) is 0 Å². The molecule has 0 amide bonds. The first-order valence-electron chi connectivity index (χ1n) is 8.72. The maximum atomic E-state index is 10.1. The molecule has 26 heavy (non-hydrogen) atoms. The molecule has 2 heterocycles. The minimum atomic E-state index is 0.0226. The molecule has 0 atom stereocenters. The van der Waals surface area contributed by atoms with Crippen LogP contribution in [0.3, 0.4) is 0 Å². The summed E-state index contributed by atoms with van der Waals surface area (Å²) in [6, 6.07) is 24.2. The van der Waals surface area contributed by atoms with Crippen LogP contribution in [0.1, 0.15) is 22.6 Å². The van der Waals surface area contributed by atoms with Gasteiger partial charge in [-0.05, 0) is 41.0 Å². The molecule has 0 unspecified atom stereocenters. The number of rotatable bonds is 3. The molecule has 5 rings (SSSR count). The van der Waals surface area contributed by atoms with Gasteiger partial charge in [0.15, 0.2) is 0 Å². The van der Waals surface area contributed by atoms with Crippen molar-refractivity contribution in [2.24, 2.45) is 0 Å². The Hall–Kier alpha value is -3.46. The van der Waals surface area contributed by atoms with Crippen LogP contribution in [0.4, 0.5) is 0 Å². The molecule has 126 valence electrons. The van der Waals surface area contributed by atoms with Crippen LogP contribution in [-0.2, 0) is 0 Å². The van der Waals surface area contributed by atoms with E-state index in [-0.39, 0.29) is 11.7 Å². The van der Waals surface area contributed by atoms with Crippen LogP contribution in [0.25, 0.3) is 21.8 Å². The van der Waals surface area contributed by atoms with Crippen LogP contribution in [0.5, 0.6) is 5.75 Å². The fourth-order valence-electron chi connectivity index (χ4n) is 3.90. The number of aromatic hydroxyl groups is 1. The highest BCUT2D eigenvalue weighted by Crippen LogP contribution is 2.39. The van der Waals surface area contributed by atoms with Gasteiger partial charge in [-0.1, -0.05) is 48.5 Å². The minimum absolute atomic E-state index is 0.0226. The third-order valence-corrected chi connectivity index (χ3v) is 5.07. The Morgan fingerprint density at radius 3 is 1.81 bits per heavy atom. The van der Waals surface area contributed by atoms with E-state index < -0.39 is 0 Å². The van der Waals surface area contributed by atoms with Crippen LogP contribution in [0.15, 0.2) is 85.2 Å². The van der Waals surface area contributed by atoms with Crippen molar-refractivity contribution in [1.29, 1.82) is 0 Å². The van der Waals surface area contributed by atoms with E-state index in [0.717, 1.165) is 16.6 Å². The minimum Gasteiger partial charge on any atom is -0.508 e. The first-order chi connectivity index (χ1) is 12.8. The molecular weight excluding hydrogens is 320 g/mol. The number of nitrogens with one attached hydrogen (secondary N) is 2. The molecule has 0 radical (unpaired) electrons. The Morgan fingerprint density at radius 2 is 1.23 bits per heavy atom. The molecule has 2 aromatic heterocycles. The average Bonchev–Trinajstić information content (AvgIpc) is 3.28. The number of aromatic amines is 2. The molecule has 3 nitrogen and oxygen atoms in total. The van der Waals surface area contributed by atoms with E-state index in [4.69, 9.17) is 0 Å². The van der Waals surface area contributed by atoms with Gasteiger partial charge < -0.3 is 15.1 Å². The molecule has 0 fully saturated rings. The Kier molecular flexibility index (Phi) is 3.32. The average molecular weight is 338 g/mol. The second kappa shape index (κ2) is 5.81. The molecule has 3 aromatic carbocycles. The van der Waals surface area contributed by atoms with Crippen molar-refractivity contribution in [3.8, 4) is 5.75 Å². The molecule has 0 aliphatic rings. The van der Waals surface area contributed by atoms with Gasteiger partial charge in [0.25, 0.3) is 0 Å². The highest BCUT2D eigenvalue weighted by Gasteiger charge is 2.23. The lowest BCUT2D eigenvalue weighted by Gasteiger charge is -2.17. The second-order valence-electron chi connectivity index (χ2n) is 6.61. The Bertz CT molecular complexity index is 1140. The molecule has 3 heteroatoms. The fraction of sp³-hybridized carbons (Fsp3) is 0.0435. The quantitative estimate of drug-likeness (QED) is 0.398. The lowest BCUT2D eigenvalue weighted by Crippen LogP contribution is -2.02. The van der Waals surface area contributed by atoms with E-state index >= 15 is 0 Å². The summed E-state index contributed by atoms with van der Waals surface area (Å²) in [6.07, 6.45) is 4.17. The number of hydrogen-bond acceptors (Lipinski definition) is 1. The summed E-state index contributed by atoms with van der Waals surface area (Å²) in [4.78, 5) is 6.78. The largest absolute Gasteiger partial charge is 0.508 e. The van der Waals surface area contributed by atoms with Gasteiger partial charge in [-0.3, -0.25) is 0 Å². The van der Waals surface area contributed by atoms with Crippen molar-refractivity contribution in [3.63, 3.8) is 0 Å². The molecule has 0 aliphatic heterocycles. The summed E-state index contributed by atoms with van der Waals surface area (Å²) in [5.74, 6) is 0.307. The monoisotopic (exact) mass is 338 g/mol. The zero-order valence-corrected chi connectivity index (χ0v) is 14.1. The van der Waals surface area contributed by atoms with Gasteiger partial charge in [-0.2, -0.15) is 0 Å². The smallest absolute Gasteiger partial charge is 0.115 e. The lowest BCUT2D eigenvalue weighted by molar-refractivity contribution is 0.474. The van der Waals surface area contributed by atoms with Gasteiger partial charge >= 0.3 is 0 Å². The van der Waals surface area contributed by atoms with Crippen molar-refractivity contribution < 1.29 is 5.11 Å². The Morgan fingerprint density at radius 1 is 0.654 bits per heavy atom. The topological polar surface area (TPSA) is 51.8 Å². The summed E-state index contributed by atoms with van der Waals surface area (Å²) in [6.45, 7) is 0. The van der Waals surface area contributed by atoms with Crippen molar-refractivity contribution in [2.75, 3.05) is 0 Å². The Balaban J connectivity index is 1.81. The van der Waals surface area contributed by atoms with Gasteiger partial charge in [0, 0.05) is 40.1 Å². The molecule has 3 N–H and O–H groups in total. The molecule has 0 saturated carbocycles. The van der Waals surface area contributed by atoms with Crippen LogP contribution in [0.2, 0.25) is 0 Å². The van der Waals surface area contributed by atoms with Crippen LogP contribution in [0, 0.1) is 0 Å². The summed E-state index contributed by atoms with van der Waals surface area (Å²) in [5.41, 5.74) is 5.71. The highest BCUT2D eigenvalue weighted by atomic mass is 16.3. The van der Waals surface area contributed by atoms with E-state index in [1.807, 2.05) is 24.3 Å². The molecular formula is C23H18N2O.